The Morgan fingerprint density at radius 3 is 2.18 bits per heavy atom. The molecule has 1 saturated heterocycles. The molecule has 0 bridgehead atoms. The second kappa shape index (κ2) is 11.5. The Morgan fingerprint density at radius 1 is 0.921 bits per heavy atom. The van der Waals surface area contributed by atoms with E-state index >= 15 is 0 Å². The third-order valence-corrected chi connectivity index (χ3v) is 7.22. The Hall–Kier alpha value is -4.18. The second-order valence-electron chi connectivity index (χ2n) is 8.74. The minimum atomic E-state index is -4.02. The zero-order valence-electron chi connectivity index (χ0n) is 21.0. The number of aryl methyl sites for hydroxylation is 1. The van der Waals surface area contributed by atoms with Gasteiger partial charge in [0.1, 0.15) is 16.4 Å². The molecule has 0 saturated carbocycles. The van der Waals surface area contributed by atoms with E-state index in [0.29, 0.717) is 18.0 Å². The van der Waals surface area contributed by atoms with Crippen molar-refractivity contribution in [2.45, 2.75) is 25.2 Å². The van der Waals surface area contributed by atoms with Crippen LogP contribution in [-0.4, -0.2) is 45.8 Å². The molecule has 38 heavy (non-hydrogen) atoms. The highest BCUT2D eigenvalue weighted by Crippen LogP contribution is 2.28. The number of esters is 1. The van der Waals surface area contributed by atoms with Crippen molar-refractivity contribution in [2.24, 2.45) is 5.92 Å². The second-order valence-corrected chi connectivity index (χ2v) is 10.3. The van der Waals surface area contributed by atoms with Gasteiger partial charge < -0.3 is 18.6 Å². The van der Waals surface area contributed by atoms with Crippen LogP contribution in [0.2, 0.25) is 0 Å². The maximum absolute atomic E-state index is 12.5. The van der Waals surface area contributed by atoms with E-state index in [0.717, 1.165) is 5.56 Å². The molecule has 4 rings (SSSR count). The third-order valence-electron chi connectivity index (χ3n) is 5.96. The maximum atomic E-state index is 12.5. The zero-order valence-corrected chi connectivity index (χ0v) is 21.8. The Bertz CT molecular complexity index is 1420. The van der Waals surface area contributed by atoms with Crippen LogP contribution >= 0.6 is 0 Å². The molecule has 0 N–H and O–H groups in total. The average molecular weight is 538 g/mol. The van der Waals surface area contributed by atoms with E-state index in [9.17, 15) is 22.8 Å². The number of anilines is 1. The van der Waals surface area contributed by atoms with E-state index in [1.165, 1.54) is 41.3 Å². The lowest BCUT2D eigenvalue weighted by Gasteiger charge is -2.17. The highest BCUT2D eigenvalue weighted by Gasteiger charge is 2.36. The molecule has 10 heteroatoms. The van der Waals surface area contributed by atoms with Crippen molar-refractivity contribution in [3.8, 4) is 11.5 Å². The molecule has 1 fully saturated rings. The Labute approximate surface area is 221 Å². The number of rotatable bonds is 10. The first-order valence-corrected chi connectivity index (χ1v) is 13.4. The van der Waals surface area contributed by atoms with E-state index in [1.807, 2.05) is 13.8 Å². The van der Waals surface area contributed by atoms with Crippen molar-refractivity contribution < 1.29 is 36.5 Å². The smallest absolute Gasteiger partial charge is 0.339 e. The van der Waals surface area contributed by atoms with Crippen molar-refractivity contribution in [3.63, 3.8) is 0 Å². The first-order valence-electron chi connectivity index (χ1n) is 12.0. The number of amides is 1. The summed E-state index contributed by atoms with van der Waals surface area (Å²) in [7, 11) is -4.02. The Kier molecular flexibility index (Phi) is 8.11. The van der Waals surface area contributed by atoms with Gasteiger partial charge in [-0.2, -0.15) is 8.42 Å². The zero-order chi connectivity index (χ0) is 27.3. The predicted octanol–water partition coefficient (Wildman–Crippen LogP) is 3.94. The minimum absolute atomic E-state index is 0.0122. The minimum Gasteiger partial charge on any atom is -0.494 e. The molecule has 0 radical (unpaired) electrons. The van der Waals surface area contributed by atoms with Crippen LogP contribution in [-0.2, 0) is 24.4 Å². The number of hydrogen-bond acceptors (Lipinski definition) is 8. The van der Waals surface area contributed by atoms with Crippen LogP contribution in [0, 0.1) is 12.8 Å². The molecular formula is C28H27NO8S. The van der Waals surface area contributed by atoms with Gasteiger partial charge >= 0.3 is 16.1 Å². The highest BCUT2D eigenvalue weighted by atomic mass is 32.2. The van der Waals surface area contributed by atoms with Crippen LogP contribution < -0.4 is 13.8 Å². The number of hydrogen-bond donors (Lipinski definition) is 0. The Morgan fingerprint density at radius 2 is 1.55 bits per heavy atom. The summed E-state index contributed by atoms with van der Waals surface area (Å²) in [5.41, 5.74) is 1.78. The van der Waals surface area contributed by atoms with Gasteiger partial charge in [0, 0.05) is 24.2 Å². The molecule has 0 aromatic heterocycles. The molecule has 0 aliphatic carbocycles. The highest BCUT2D eigenvalue weighted by molar-refractivity contribution is 7.87. The van der Waals surface area contributed by atoms with E-state index in [4.69, 9.17) is 13.7 Å². The summed E-state index contributed by atoms with van der Waals surface area (Å²) in [5, 5.41) is 0. The summed E-state index contributed by atoms with van der Waals surface area (Å²) in [5.74, 6) is -1.28. The van der Waals surface area contributed by atoms with Crippen molar-refractivity contribution in [1.29, 1.82) is 0 Å². The van der Waals surface area contributed by atoms with Crippen LogP contribution in [0.25, 0.3) is 0 Å². The largest absolute Gasteiger partial charge is 0.494 e. The van der Waals surface area contributed by atoms with Crippen molar-refractivity contribution in [3.05, 3.63) is 83.9 Å². The maximum Gasteiger partial charge on any atom is 0.339 e. The predicted molar refractivity (Wildman–Crippen MR) is 139 cm³/mol. The molecule has 1 atom stereocenters. The van der Waals surface area contributed by atoms with Gasteiger partial charge in [-0.15, -0.1) is 0 Å². The first kappa shape index (κ1) is 26.9. The standard InChI is InChI=1S/C28H27NO8S/c1-3-35-23-12-8-22(9-13-23)29-17-21(16-27(29)31)28(32)36-18-26(30)20-6-10-24(11-7-20)37-38(33,34)25-14-4-19(2)5-15-25/h4-15,21H,3,16-18H2,1-2H3/t21-/m0/s1. The molecule has 3 aromatic rings. The molecule has 9 nitrogen and oxygen atoms in total. The van der Waals surface area contributed by atoms with E-state index in [-0.39, 0.29) is 35.1 Å². The Balaban J connectivity index is 1.30. The summed E-state index contributed by atoms with van der Waals surface area (Å²) >= 11 is 0. The lowest BCUT2D eigenvalue weighted by molar-refractivity contribution is -0.147. The summed E-state index contributed by atoms with van der Waals surface area (Å²) in [6, 6.07) is 18.7. The van der Waals surface area contributed by atoms with Crippen LogP contribution in [0.3, 0.4) is 0 Å². The molecule has 0 spiro atoms. The monoisotopic (exact) mass is 537 g/mol. The summed E-state index contributed by atoms with van der Waals surface area (Å²) in [6.07, 6.45) is -0.0122. The number of Topliss-reactive ketones (excluding diaryl/α,β-unsaturated/α-hetero) is 1. The molecule has 1 heterocycles. The van der Waals surface area contributed by atoms with Gasteiger partial charge in [0.05, 0.1) is 12.5 Å². The number of ether oxygens (including phenoxy) is 2. The molecule has 1 aliphatic rings. The van der Waals surface area contributed by atoms with Gasteiger partial charge in [0.25, 0.3) is 0 Å². The number of benzene rings is 3. The normalized spacial score (nSPS) is 15.3. The fourth-order valence-electron chi connectivity index (χ4n) is 3.92. The van der Waals surface area contributed by atoms with Gasteiger partial charge in [0.2, 0.25) is 5.91 Å². The molecule has 1 aliphatic heterocycles. The summed E-state index contributed by atoms with van der Waals surface area (Å²) < 4.78 is 40.6. The van der Waals surface area contributed by atoms with Crippen molar-refractivity contribution in [2.75, 3.05) is 24.7 Å². The fourth-order valence-corrected chi connectivity index (χ4v) is 4.85. The molecule has 198 valence electrons. The van der Waals surface area contributed by atoms with E-state index in [2.05, 4.69) is 0 Å². The lowest BCUT2D eigenvalue weighted by atomic mass is 10.1. The topological polar surface area (TPSA) is 116 Å². The van der Waals surface area contributed by atoms with Crippen LogP contribution in [0.15, 0.2) is 77.7 Å². The molecule has 1 amide bonds. The van der Waals surface area contributed by atoms with E-state index < -0.39 is 34.4 Å². The number of nitrogens with zero attached hydrogens (tertiary/aromatic N) is 1. The average Bonchev–Trinajstić information content (AvgIpc) is 3.30. The first-order chi connectivity index (χ1) is 18.2. The molecular weight excluding hydrogens is 510 g/mol. The summed E-state index contributed by atoms with van der Waals surface area (Å²) in [6.45, 7) is 3.90. The quantitative estimate of drug-likeness (QED) is 0.217. The SMILES string of the molecule is CCOc1ccc(N2C[C@@H](C(=O)OCC(=O)c3ccc(OS(=O)(=O)c4ccc(C)cc4)cc3)CC2=O)cc1. The van der Waals surface area contributed by atoms with Gasteiger partial charge in [0.15, 0.2) is 12.4 Å². The molecule has 0 unspecified atom stereocenters. The van der Waals surface area contributed by atoms with Crippen LogP contribution in [0.5, 0.6) is 11.5 Å². The van der Waals surface area contributed by atoms with Crippen molar-refractivity contribution in [1.82, 2.24) is 0 Å². The van der Waals surface area contributed by atoms with E-state index in [1.54, 1.807) is 36.4 Å². The van der Waals surface area contributed by atoms with Crippen LogP contribution in [0.1, 0.15) is 29.3 Å². The van der Waals surface area contributed by atoms with Gasteiger partial charge in [-0.1, -0.05) is 17.7 Å². The van der Waals surface area contributed by atoms with Crippen molar-refractivity contribution >= 4 is 33.5 Å². The van der Waals surface area contributed by atoms with Gasteiger partial charge in [-0.05, 0) is 74.5 Å². The van der Waals surface area contributed by atoms with Gasteiger partial charge in [-0.3, -0.25) is 14.4 Å². The number of ketones is 1. The lowest BCUT2D eigenvalue weighted by Crippen LogP contribution is -2.27. The third kappa shape index (κ3) is 6.38. The van der Waals surface area contributed by atoms with Gasteiger partial charge in [-0.25, -0.2) is 0 Å². The number of carbonyl (C=O) groups is 3. The van der Waals surface area contributed by atoms with Crippen LogP contribution in [0.4, 0.5) is 5.69 Å². The molecule has 3 aromatic carbocycles. The fraction of sp³-hybridized carbons (Fsp3) is 0.250. The number of carbonyl (C=O) groups excluding carboxylic acids is 3. The summed E-state index contributed by atoms with van der Waals surface area (Å²) in [4.78, 5) is 39.1.